The highest BCUT2D eigenvalue weighted by Gasteiger charge is 2.04. The van der Waals surface area contributed by atoms with Crippen molar-refractivity contribution in [2.45, 2.75) is 20.4 Å². The van der Waals surface area contributed by atoms with Crippen LogP contribution in [0.3, 0.4) is 0 Å². The number of aryl methyl sites for hydroxylation is 1. The molecule has 1 aromatic rings. The number of halogens is 1. The summed E-state index contributed by atoms with van der Waals surface area (Å²) in [7, 11) is 2.01. The van der Waals surface area contributed by atoms with Gasteiger partial charge in [0.05, 0.1) is 13.2 Å². The van der Waals surface area contributed by atoms with E-state index in [-0.39, 0.29) is 0 Å². The van der Waals surface area contributed by atoms with Gasteiger partial charge in [-0.05, 0) is 27.0 Å². The Morgan fingerprint density at radius 2 is 2.19 bits per heavy atom. The average molecular weight is 244 g/mol. The van der Waals surface area contributed by atoms with Gasteiger partial charge in [-0.15, -0.1) is 0 Å². The highest BCUT2D eigenvalue weighted by Crippen LogP contribution is 2.07. The largest absolute Gasteiger partial charge is 0.380 e. The fraction of sp³-hybridized carbons (Fsp3) is 0.636. The lowest BCUT2D eigenvalue weighted by Crippen LogP contribution is -2.24. The van der Waals surface area contributed by atoms with Crippen LogP contribution < -0.4 is 0 Å². The van der Waals surface area contributed by atoms with Gasteiger partial charge in [0, 0.05) is 18.8 Å². The zero-order chi connectivity index (χ0) is 12.0. The lowest BCUT2D eigenvalue weighted by Gasteiger charge is -2.15. The summed E-state index contributed by atoms with van der Waals surface area (Å²) in [6.07, 6.45) is 0. The van der Waals surface area contributed by atoms with E-state index in [2.05, 4.69) is 14.9 Å². The lowest BCUT2D eigenvalue weighted by atomic mass is 10.4. The van der Waals surface area contributed by atoms with Crippen LogP contribution in [0, 0.1) is 6.92 Å². The molecule has 5 heteroatoms. The molecule has 0 amide bonds. The Morgan fingerprint density at radius 1 is 1.44 bits per heavy atom. The van der Waals surface area contributed by atoms with E-state index in [9.17, 15) is 0 Å². The Balaban J connectivity index is 2.45. The third-order valence-corrected chi connectivity index (χ3v) is 2.30. The van der Waals surface area contributed by atoms with Gasteiger partial charge >= 0.3 is 0 Å². The second-order valence-electron chi connectivity index (χ2n) is 3.68. The second kappa shape index (κ2) is 6.78. The Morgan fingerprint density at radius 3 is 2.81 bits per heavy atom. The molecule has 0 aliphatic heterocycles. The first-order valence-corrected chi connectivity index (χ1v) is 5.76. The molecule has 0 unspecified atom stereocenters. The lowest BCUT2D eigenvalue weighted by molar-refractivity contribution is 0.119. The first kappa shape index (κ1) is 13.4. The number of nitrogens with zero attached hydrogens (tertiary/aromatic N) is 3. The maximum atomic E-state index is 5.87. The molecule has 0 radical (unpaired) electrons. The maximum Gasteiger partial charge on any atom is 0.144 e. The summed E-state index contributed by atoms with van der Waals surface area (Å²) < 4.78 is 5.28. The smallest absolute Gasteiger partial charge is 0.144 e. The van der Waals surface area contributed by atoms with E-state index in [1.54, 1.807) is 6.07 Å². The summed E-state index contributed by atoms with van der Waals surface area (Å²) in [5.74, 6) is 0.754. The van der Waals surface area contributed by atoms with E-state index in [0.29, 0.717) is 11.7 Å². The molecule has 0 atom stereocenters. The molecule has 1 rings (SSSR count). The predicted molar refractivity (Wildman–Crippen MR) is 64.6 cm³/mol. The summed E-state index contributed by atoms with van der Waals surface area (Å²) in [4.78, 5) is 10.6. The Hall–Kier alpha value is -0.710. The van der Waals surface area contributed by atoms with Gasteiger partial charge in [0.2, 0.25) is 0 Å². The molecule has 0 fully saturated rings. The fourth-order valence-electron chi connectivity index (χ4n) is 1.34. The van der Waals surface area contributed by atoms with Crippen LogP contribution in [0.1, 0.15) is 18.4 Å². The van der Waals surface area contributed by atoms with Gasteiger partial charge in [-0.25, -0.2) is 9.97 Å². The molecule has 1 heterocycles. The highest BCUT2D eigenvalue weighted by molar-refractivity contribution is 6.29. The van der Waals surface area contributed by atoms with Crippen molar-refractivity contribution in [3.05, 3.63) is 22.7 Å². The van der Waals surface area contributed by atoms with Crippen LogP contribution in [0.4, 0.5) is 0 Å². The fourth-order valence-corrected chi connectivity index (χ4v) is 1.60. The van der Waals surface area contributed by atoms with Crippen LogP contribution >= 0.6 is 11.6 Å². The van der Waals surface area contributed by atoms with E-state index in [4.69, 9.17) is 16.3 Å². The normalized spacial score (nSPS) is 11.1. The van der Waals surface area contributed by atoms with E-state index >= 15 is 0 Å². The van der Waals surface area contributed by atoms with Gasteiger partial charge in [0.15, 0.2) is 0 Å². The van der Waals surface area contributed by atoms with Gasteiger partial charge in [-0.3, -0.25) is 4.90 Å². The Labute approximate surface area is 102 Å². The van der Waals surface area contributed by atoms with E-state index in [1.807, 2.05) is 20.9 Å². The molecule has 0 bridgehead atoms. The molecule has 16 heavy (non-hydrogen) atoms. The van der Waals surface area contributed by atoms with Crippen LogP contribution in [-0.2, 0) is 11.3 Å². The second-order valence-corrected chi connectivity index (χ2v) is 4.07. The van der Waals surface area contributed by atoms with Crippen LogP contribution in [0.5, 0.6) is 0 Å². The third-order valence-electron chi connectivity index (χ3n) is 2.10. The highest BCUT2D eigenvalue weighted by atomic mass is 35.5. The van der Waals surface area contributed by atoms with Gasteiger partial charge in [-0.2, -0.15) is 0 Å². The first-order valence-electron chi connectivity index (χ1n) is 5.38. The topological polar surface area (TPSA) is 38.2 Å². The Kier molecular flexibility index (Phi) is 5.66. The zero-order valence-electron chi connectivity index (χ0n) is 10.0. The first-order chi connectivity index (χ1) is 7.61. The average Bonchev–Trinajstić information content (AvgIpc) is 2.16. The number of hydrogen-bond donors (Lipinski definition) is 0. The molecule has 0 saturated carbocycles. The number of likely N-dealkylation sites (N-methyl/N-ethyl adjacent to an activating group) is 1. The van der Waals surface area contributed by atoms with Crippen molar-refractivity contribution in [3.63, 3.8) is 0 Å². The minimum Gasteiger partial charge on any atom is -0.380 e. The summed E-state index contributed by atoms with van der Waals surface area (Å²) >= 11 is 5.87. The molecule has 90 valence electrons. The molecule has 0 saturated heterocycles. The standard InChI is InChI=1S/C11H18ClN3O/c1-4-16-6-5-15(3)8-11-13-9(2)7-10(12)14-11/h7H,4-6,8H2,1-3H3. The van der Waals surface area contributed by atoms with Crippen LogP contribution in [-0.4, -0.2) is 41.7 Å². The van der Waals surface area contributed by atoms with Gasteiger partial charge in [0.1, 0.15) is 11.0 Å². The number of rotatable bonds is 6. The minimum atomic E-state index is 0.501. The molecule has 0 aliphatic carbocycles. The molecular weight excluding hydrogens is 226 g/mol. The van der Waals surface area contributed by atoms with Gasteiger partial charge in [-0.1, -0.05) is 11.6 Å². The van der Waals surface area contributed by atoms with Crippen molar-refractivity contribution in [1.29, 1.82) is 0 Å². The summed E-state index contributed by atoms with van der Waals surface area (Å²) in [5, 5.41) is 0.501. The van der Waals surface area contributed by atoms with Gasteiger partial charge in [0.25, 0.3) is 0 Å². The number of aromatic nitrogens is 2. The molecule has 0 N–H and O–H groups in total. The van der Waals surface area contributed by atoms with Crippen molar-refractivity contribution in [2.24, 2.45) is 0 Å². The number of hydrogen-bond acceptors (Lipinski definition) is 4. The third kappa shape index (κ3) is 4.88. The SMILES string of the molecule is CCOCCN(C)Cc1nc(C)cc(Cl)n1. The van der Waals surface area contributed by atoms with E-state index < -0.39 is 0 Å². The monoisotopic (exact) mass is 243 g/mol. The molecule has 4 nitrogen and oxygen atoms in total. The zero-order valence-corrected chi connectivity index (χ0v) is 10.8. The molecule has 0 spiro atoms. The minimum absolute atomic E-state index is 0.501. The van der Waals surface area contributed by atoms with Crippen LogP contribution in [0.25, 0.3) is 0 Å². The van der Waals surface area contributed by atoms with Crippen molar-refractivity contribution in [1.82, 2.24) is 14.9 Å². The Bertz CT molecular complexity index is 313. The van der Waals surface area contributed by atoms with E-state index in [0.717, 1.165) is 31.3 Å². The van der Waals surface area contributed by atoms with Crippen LogP contribution in [0.2, 0.25) is 5.15 Å². The van der Waals surface area contributed by atoms with Crippen molar-refractivity contribution in [3.8, 4) is 0 Å². The molecule has 0 aliphatic rings. The predicted octanol–water partition coefficient (Wildman–Crippen LogP) is 1.91. The van der Waals surface area contributed by atoms with E-state index in [1.165, 1.54) is 0 Å². The summed E-state index contributed by atoms with van der Waals surface area (Å²) in [6.45, 7) is 6.94. The quantitative estimate of drug-likeness (QED) is 0.565. The maximum absolute atomic E-state index is 5.87. The number of ether oxygens (including phenoxy) is 1. The van der Waals surface area contributed by atoms with Crippen molar-refractivity contribution >= 4 is 11.6 Å². The van der Waals surface area contributed by atoms with Gasteiger partial charge < -0.3 is 4.74 Å². The van der Waals surface area contributed by atoms with Crippen molar-refractivity contribution < 1.29 is 4.74 Å². The molecular formula is C11H18ClN3O. The summed E-state index contributed by atoms with van der Waals surface area (Å²) in [5.41, 5.74) is 0.896. The summed E-state index contributed by atoms with van der Waals surface area (Å²) in [6, 6.07) is 1.76. The van der Waals surface area contributed by atoms with Crippen LogP contribution in [0.15, 0.2) is 6.07 Å². The molecule has 0 aromatic carbocycles. The molecule has 1 aromatic heterocycles. The van der Waals surface area contributed by atoms with Crippen molar-refractivity contribution in [2.75, 3.05) is 26.8 Å².